The molecule has 2 aliphatic rings. The molecular formula is C81H128O65. The van der Waals surface area contributed by atoms with Crippen molar-refractivity contribution in [2.75, 3.05) is 132 Å². The summed E-state index contributed by atoms with van der Waals surface area (Å²) in [6.45, 7) is 3.93. The van der Waals surface area contributed by atoms with Crippen LogP contribution in [-0.4, -0.2) is 513 Å². The SMILES string of the molecule is C.CC(COCC(O)COC(=O)CC(O)(CC(=O)O)C(=O)O)OCC(O)CCOC(CC(=O)O)(CC(=O)O)C(=O)O.CC(COCC(O)COC(=O)CC(O)(CC(=O)O)C(=O)O)OCC(O)COC(=O)CC(O)(CC(=O)O)C(=O)O.CC(COCC(O)COC(CC(=O)O)(CC(=O)O)C(=O)O)OCC(O)CCOC(CC(=O)O)(CC(=O)O)C(=O)O.CC(COCC1CO1)OCC1CO1.O=C(O)CC(O)(CC(=O)O)C(=O)O. The lowest BCUT2D eigenvalue weighted by Gasteiger charge is -2.28. The van der Waals surface area contributed by atoms with Gasteiger partial charge in [-0.3, -0.25) is 67.1 Å². The van der Waals surface area contributed by atoms with Crippen LogP contribution in [0, 0.1) is 0 Å². The molecule has 65 heteroatoms. The molecule has 15 unspecified atom stereocenters. The summed E-state index contributed by atoms with van der Waals surface area (Å²) in [6.07, 6.45) is -26.1. The number of epoxide rings is 2. The Hall–Kier alpha value is -12.0. The highest BCUT2D eigenvalue weighted by atomic mass is 16.6. The van der Waals surface area contributed by atoms with Gasteiger partial charge in [0.2, 0.25) is 0 Å². The van der Waals surface area contributed by atoms with E-state index < -0.39 is 356 Å². The van der Waals surface area contributed by atoms with Gasteiger partial charge in [-0.15, -0.1) is 0 Å². The number of ether oxygens (including phenoxy) is 16. The minimum absolute atomic E-state index is 0. The van der Waals surface area contributed by atoms with Crippen LogP contribution in [0.15, 0.2) is 0 Å². The van der Waals surface area contributed by atoms with Crippen LogP contribution >= 0.6 is 0 Å². The highest BCUT2D eigenvalue weighted by molar-refractivity contribution is 5.93. The normalized spacial score (nSPS) is 16.4. The molecule has 2 fully saturated rings. The summed E-state index contributed by atoms with van der Waals surface area (Å²) in [5.41, 5.74) is -19.1. The molecule has 65 nitrogen and oxygen atoms in total. The highest BCUT2D eigenvalue weighted by Crippen LogP contribution is 2.28. The smallest absolute Gasteiger partial charge is 0.337 e. The van der Waals surface area contributed by atoms with Gasteiger partial charge in [0.15, 0.2) is 39.2 Å². The number of aliphatic carboxylic acids is 18. The first-order valence-corrected chi connectivity index (χ1v) is 42.3. The average Bonchev–Trinajstić information content (AvgIpc) is 1.14. The molecule has 2 heterocycles. The van der Waals surface area contributed by atoms with E-state index in [2.05, 4.69) is 14.2 Å². The standard InChI is InChI=1S/2C22H34O18.C21H32O18.C9H16O4.C6H8O7.CH4/c1-12(8-37-9-14(24)11-39-18(31)7-21(36,19(32)33)4-15(25)26)38-10-13(23)2-3-40-22(20(34)35,5-16(27)28)6-17(29)30;1-12(8-37-9-14(24)11-40-22(20(35)36,6-17(29)30)7-18(31)32)38-10-13(23)2-3-39-21(19(33)34,4-15(25)26)5-16(27)28;1-11(37-8-13(23)10-39-17(29)5-21(35,19(32)33)3-15(26)27)6-36-7-12(22)9-38-16(28)4-20(34,18(30)31)2-14(24)25;1-7(11-4-9-6-13-9)2-10-3-8-5-12-8;7-3(8)1-6(13,5(11)12)2-4(9)10;/h12-14,23-24,36H,2-11H2,1H3,(H,25,26)(H,27,28)(H,29,30)(H,32,33)(H,34,35);12-14,23-24H,2-11H2,1H3,(H,25,26)(H,27,28)(H,29,30)(H,31,32)(H,33,34)(H,35,36);11-13,22-23,34-35H,2-10H2,1H3,(H,24,25)(H,26,27)(H,30,31)(H,32,33);7-9H,2-6H2,1H3;13H,1-2H2,(H,7,8)(H,9,10)(H,11,12);1H4. The van der Waals surface area contributed by atoms with Gasteiger partial charge in [-0.1, -0.05) is 7.43 Å². The molecular weight excluding hydrogens is 2010 g/mol. The lowest BCUT2D eigenvalue weighted by atomic mass is 9.95. The molecule has 842 valence electrons. The molecule has 0 aromatic carbocycles. The van der Waals surface area contributed by atoms with Gasteiger partial charge in [-0.2, -0.15) is 0 Å². The van der Waals surface area contributed by atoms with Crippen LogP contribution in [0.2, 0.25) is 0 Å². The van der Waals surface area contributed by atoms with Crippen molar-refractivity contribution in [3.63, 3.8) is 0 Å². The monoisotopic (exact) mass is 2140 g/mol. The lowest BCUT2D eigenvalue weighted by Crippen LogP contribution is -2.47. The third kappa shape index (κ3) is 66.1. The Morgan fingerprint density at radius 2 is 0.452 bits per heavy atom. The first kappa shape index (κ1) is 140. The molecule has 0 radical (unpaired) electrons. The van der Waals surface area contributed by atoms with Crippen LogP contribution in [0.1, 0.15) is 138 Å². The molecule has 0 aromatic rings. The molecule has 0 bridgehead atoms. The van der Waals surface area contributed by atoms with E-state index in [1.807, 2.05) is 6.92 Å². The minimum atomic E-state index is -2.89. The molecule has 28 N–H and O–H groups in total. The summed E-state index contributed by atoms with van der Waals surface area (Å²) in [5, 5.41) is 257. The Balaban J connectivity index is -0.000000913. The molecule has 15 atom stereocenters. The maximum atomic E-state index is 11.7. The fourth-order valence-corrected chi connectivity index (χ4v) is 10.6. The summed E-state index contributed by atoms with van der Waals surface area (Å²) in [7, 11) is 0. The number of carbonyl (C=O) groups excluding carboxylic acids is 3. The molecule has 2 rings (SSSR count). The quantitative estimate of drug-likeness (QED) is 0.0153. The lowest BCUT2D eigenvalue weighted by molar-refractivity contribution is -0.183. The van der Waals surface area contributed by atoms with Crippen molar-refractivity contribution in [1.29, 1.82) is 0 Å². The first-order chi connectivity index (χ1) is 66.9. The number of hydrogen-bond donors (Lipinski definition) is 28. The molecule has 146 heavy (non-hydrogen) atoms. The summed E-state index contributed by atoms with van der Waals surface area (Å²) in [6, 6.07) is 0. The van der Waals surface area contributed by atoms with E-state index in [4.69, 9.17) is 143 Å². The zero-order valence-electron chi connectivity index (χ0n) is 78.0. The van der Waals surface area contributed by atoms with Crippen molar-refractivity contribution in [3.05, 3.63) is 0 Å². The van der Waals surface area contributed by atoms with E-state index in [0.29, 0.717) is 32.0 Å². The number of carbonyl (C=O) groups is 21. The van der Waals surface area contributed by atoms with Crippen LogP contribution < -0.4 is 0 Å². The fraction of sp³-hybridized carbons (Fsp3) is 0.741. The second-order valence-electron chi connectivity index (χ2n) is 32.2. The van der Waals surface area contributed by atoms with Crippen molar-refractivity contribution >= 4 is 125 Å². The van der Waals surface area contributed by atoms with E-state index in [0.717, 1.165) is 13.2 Å². The maximum Gasteiger partial charge on any atom is 0.337 e. The molecule has 0 amide bonds. The van der Waals surface area contributed by atoms with Crippen molar-refractivity contribution < 1.29 is 319 Å². The Morgan fingerprint density at radius 3 is 0.685 bits per heavy atom. The van der Waals surface area contributed by atoms with Gasteiger partial charge >= 0.3 is 125 Å². The number of hydrogen-bond acceptors (Lipinski definition) is 47. The number of carboxylic acids is 18. The minimum Gasteiger partial charge on any atom is -0.481 e. The summed E-state index contributed by atoms with van der Waals surface area (Å²) in [5.74, 6) is -34.7. The van der Waals surface area contributed by atoms with E-state index in [-0.39, 0.29) is 79.2 Å². The highest BCUT2D eigenvalue weighted by Gasteiger charge is 2.50. The third-order valence-corrected chi connectivity index (χ3v) is 18.2. The van der Waals surface area contributed by atoms with Crippen LogP contribution in [0.5, 0.6) is 0 Å². The van der Waals surface area contributed by atoms with E-state index >= 15 is 0 Å². The Morgan fingerprint density at radius 1 is 0.247 bits per heavy atom. The molecule has 2 aliphatic heterocycles. The average molecular weight is 2140 g/mol. The van der Waals surface area contributed by atoms with Crippen molar-refractivity contribution in [1.82, 2.24) is 0 Å². The van der Waals surface area contributed by atoms with Gasteiger partial charge in [0.05, 0.1) is 239 Å². The summed E-state index contributed by atoms with van der Waals surface area (Å²) in [4.78, 5) is 231. The number of esters is 3. The van der Waals surface area contributed by atoms with Crippen molar-refractivity contribution in [2.45, 2.75) is 250 Å². The van der Waals surface area contributed by atoms with Gasteiger partial charge < -0.3 is 219 Å². The topological polar surface area (TPSA) is 1080 Å². The second kappa shape index (κ2) is 70.7. The zero-order valence-corrected chi connectivity index (χ0v) is 78.0. The zero-order chi connectivity index (χ0) is 112. The predicted molar refractivity (Wildman–Crippen MR) is 457 cm³/mol. The largest absolute Gasteiger partial charge is 0.481 e. The Labute approximate surface area is 824 Å². The number of rotatable bonds is 80. The van der Waals surface area contributed by atoms with Crippen LogP contribution in [0.25, 0.3) is 0 Å². The van der Waals surface area contributed by atoms with Crippen LogP contribution in [0.3, 0.4) is 0 Å². The molecule has 0 spiro atoms. The number of aliphatic hydroxyl groups is 10. The Kier molecular flexibility index (Phi) is 67.9. The fourth-order valence-electron chi connectivity index (χ4n) is 10.6. The second-order valence-corrected chi connectivity index (χ2v) is 32.2. The third-order valence-electron chi connectivity index (χ3n) is 18.2. The van der Waals surface area contributed by atoms with Gasteiger partial charge in [-0.05, 0) is 40.5 Å². The summed E-state index contributed by atoms with van der Waals surface area (Å²) < 4.78 is 81.2. The molecule has 0 saturated carbocycles. The van der Waals surface area contributed by atoms with Gasteiger partial charge in [-0.25, -0.2) is 33.6 Å². The van der Waals surface area contributed by atoms with Gasteiger partial charge in [0.1, 0.15) is 56.4 Å². The predicted octanol–water partition coefficient (Wildman–Crippen LogP) is -8.20. The van der Waals surface area contributed by atoms with Crippen molar-refractivity contribution in [2.24, 2.45) is 0 Å². The van der Waals surface area contributed by atoms with E-state index in [1.54, 1.807) is 0 Å². The maximum absolute atomic E-state index is 11.7. The number of carboxylic acid groups (broad SMARTS) is 18. The number of aliphatic hydroxyl groups excluding tert-OH is 6. The summed E-state index contributed by atoms with van der Waals surface area (Å²) >= 11 is 0. The van der Waals surface area contributed by atoms with E-state index in [9.17, 15) is 162 Å². The molecule has 0 aliphatic carbocycles. The molecule has 0 aromatic heterocycles. The van der Waals surface area contributed by atoms with Gasteiger partial charge in [0.25, 0.3) is 0 Å². The van der Waals surface area contributed by atoms with E-state index in [1.165, 1.54) is 20.8 Å². The molecule has 2 saturated heterocycles. The van der Waals surface area contributed by atoms with Crippen LogP contribution in [-0.2, 0) is 176 Å². The Bertz CT molecular complexity index is 4080. The van der Waals surface area contributed by atoms with Crippen LogP contribution in [0.4, 0.5) is 0 Å². The van der Waals surface area contributed by atoms with Gasteiger partial charge in [0, 0.05) is 0 Å². The first-order valence-electron chi connectivity index (χ1n) is 42.3. The van der Waals surface area contributed by atoms with Crippen molar-refractivity contribution in [3.8, 4) is 0 Å².